The van der Waals surface area contributed by atoms with Gasteiger partial charge < -0.3 is 29.9 Å². The Labute approximate surface area is 174 Å². The first-order valence-electron chi connectivity index (χ1n) is 10.9. The van der Waals surface area contributed by atoms with Crippen LogP contribution in [0.1, 0.15) is 35.2 Å². The lowest BCUT2D eigenvalue weighted by atomic mass is 9.90. The Morgan fingerprint density at radius 1 is 1.11 bits per heavy atom. The molecule has 28 heavy (non-hydrogen) atoms. The predicted molar refractivity (Wildman–Crippen MR) is 105 cm³/mol. The topological polar surface area (TPSA) is 99.4 Å². The molecule has 0 unspecified atom stereocenters. The minimum atomic E-state index is -1.53. The molecule has 0 aliphatic carbocycles. The van der Waals surface area contributed by atoms with Gasteiger partial charge in [0.2, 0.25) is 0 Å². The average Bonchev–Trinajstić information content (AvgIpc) is 2.78. The van der Waals surface area contributed by atoms with Crippen molar-refractivity contribution >= 4 is 11.6 Å². The SMILES string of the molecule is [2H]c1c([2H])c(OCC)c([2H])c([2H])c1Cc1cc([C@@H]2O[C@H](CO)[C@@H](O)[C@H](O)[C@H]2O)ccc1Cl. The van der Waals surface area contributed by atoms with Crippen molar-refractivity contribution in [3.8, 4) is 5.75 Å². The number of rotatable bonds is 6. The van der Waals surface area contributed by atoms with Crippen LogP contribution in [0.4, 0.5) is 0 Å². The van der Waals surface area contributed by atoms with Crippen LogP contribution >= 0.6 is 11.6 Å². The van der Waals surface area contributed by atoms with E-state index in [0.717, 1.165) is 0 Å². The summed E-state index contributed by atoms with van der Waals surface area (Å²) in [7, 11) is 0. The molecule has 152 valence electrons. The number of benzene rings is 2. The number of aliphatic hydroxyl groups is 4. The van der Waals surface area contributed by atoms with E-state index in [-0.39, 0.29) is 48.5 Å². The second-order valence-electron chi connectivity index (χ2n) is 6.52. The summed E-state index contributed by atoms with van der Waals surface area (Å²) in [4.78, 5) is 0. The summed E-state index contributed by atoms with van der Waals surface area (Å²) in [6.45, 7) is 1.32. The number of aliphatic hydroxyl groups excluding tert-OH is 4. The number of halogens is 1. The van der Waals surface area contributed by atoms with Crippen molar-refractivity contribution in [1.29, 1.82) is 0 Å². The molecule has 7 heteroatoms. The van der Waals surface area contributed by atoms with Crippen molar-refractivity contribution in [2.24, 2.45) is 0 Å². The summed E-state index contributed by atoms with van der Waals surface area (Å²) in [5, 5.41) is 40.2. The predicted octanol–water partition coefficient (Wildman–Crippen LogP) is 1.84. The fourth-order valence-corrected chi connectivity index (χ4v) is 3.29. The Hall–Kier alpha value is -1.67. The van der Waals surface area contributed by atoms with E-state index < -0.39 is 37.1 Å². The number of hydrogen-bond donors (Lipinski definition) is 4. The van der Waals surface area contributed by atoms with E-state index in [1.165, 1.54) is 6.07 Å². The van der Waals surface area contributed by atoms with Gasteiger partial charge in [-0.05, 0) is 48.2 Å². The molecule has 2 aromatic rings. The maximum atomic E-state index is 10.4. The van der Waals surface area contributed by atoms with Gasteiger partial charge in [-0.3, -0.25) is 0 Å². The Morgan fingerprint density at radius 2 is 1.82 bits per heavy atom. The van der Waals surface area contributed by atoms with Crippen LogP contribution in [0.5, 0.6) is 5.75 Å². The van der Waals surface area contributed by atoms with Crippen molar-refractivity contribution < 1.29 is 35.4 Å². The van der Waals surface area contributed by atoms with Crippen LogP contribution in [-0.4, -0.2) is 58.1 Å². The highest BCUT2D eigenvalue weighted by Crippen LogP contribution is 2.34. The standard InChI is InChI=1S/C21H25ClO6/c1-2-27-15-6-3-12(4-7-15)9-14-10-13(5-8-16(14)22)21-20(26)19(25)18(24)17(11-23)28-21/h3-8,10,17-21,23-26H,2,9,11H2,1H3/t17-,18-,19+,20-,21+/m1/s1/i3D,4D,6D,7D. The fraction of sp³-hybridized carbons (Fsp3) is 0.429. The van der Waals surface area contributed by atoms with E-state index in [2.05, 4.69) is 0 Å². The molecule has 1 aliphatic rings. The zero-order chi connectivity index (χ0) is 23.7. The average molecular weight is 413 g/mol. The Bertz CT molecular complexity index is 960. The van der Waals surface area contributed by atoms with Gasteiger partial charge in [0, 0.05) is 5.02 Å². The normalized spacial score (nSPS) is 29.6. The first kappa shape index (κ1) is 16.2. The van der Waals surface area contributed by atoms with Crippen molar-refractivity contribution in [1.82, 2.24) is 0 Å². The molecule has 0 amide bonds. The molecular weight excluding hydrogens is 384 g/mol. The summed E-state index contributed by atoms with van der Waals surface area (Å²) in [6, 6.07) is 3.59. The molecule has 3 rings (SSSR count). The zero-order valence-electron chi connectivity index (χ0n) is 19.2. The van der Waals surface area contributed by atoms with Crippen molar-refractivity contribution in [3.05, 3.63) is 64.1 Å². The van der Waals surface area contributed by atoms with Gasteiger partial charge in [-0.25, -0.2) is 0 Å². The van der Waals surface area contributed by atoms with Crippen molar-refractivity contribution in [2.75, 3.05) is 13.2 Å². The van der Waals surface area contributed by atoms with Crippen LogP contribution in [-0.2, 0) is 11.2 Å². The second-order valence-corrected chi connectivity index (χ2v) is 6.93. The van der Waals surface area contributed by atoms with Gasteiger partial charge in [-0.2, -0.15) is 0 Å². The molecule has 0 bridgehead atoms. The van der Waals surface area contributed by atoms with E-state index in [0.29, 0.717) is 16.1 Å². The Balaban J connectivity index is 1.99. The maximum Gasteiger partial charge on any atom is 0.119 e. The molecule has 1 saturated heterocycles. The second kappa shape index (κ2) is 9.22. The van der Waals surface area contributed by atoms with Crippen LogP contribution in [0.15, 0.2) is 42.4 Å². The third-order valence-electron chi connectivity index (χ3n) is 4.60. The molecule has 1 heterocycles. The molecule has 6 nitrogen and oxygen atoms in total. The van der Waals surface area contributed by atoms with Gasteiger partial charge in [0.25, 0.3) is 0 Å². The maximum absolute atomic E-state index is 10.4. The Morgan fingerprint density at radius 3 is 2.46 bits per heavy atom. The van der Waals surface area contributed by atoms with Gasteiger partial charge in [0.1, 0.15) is 36.3 Å². The summed E-state index contributed by atoms with van der Waals surface area (Å²) in [6.07, 6.45) is -6.65. The molecular formula is C21H25ClO6. The number of hydrogen-bond acceptors (Lipinski definition) is 6. The fourth-order valence-electron chi connectivity index (χ4n) is 3.11. The zero-order valence-corrected chi connectivity index (χ0v) is 16.0. The van der Waals surface area contributed by atoms with Gasteiger partial charge >= 0.3 is 0 Å². The summed E-state index contributed by atoms with van der Waals surface area (Å²) in [5.41, 5.74) is 0.977. The van der Waals surface area contributed by atoms with E-state index in [4.69, 9.17) is 26.6 Å². The van der Waals surface area contributed by atoms with E-state index in [1.54, 1.807) is 19.1 Å². The highest BCUT2D eigenvalue weighted by molar-refractivity contribution is 6.31. The molecule has 1 aliphatic heterocycles. The summed E-state index contributed by atoms with van der Waals surface area (Å²) in [5.74, 6) is -0.118. The molecule has 0 radical (unpaired) electrons. The van der Waals surface area contributed by atoms with Gasteiger partial charge in [0.05, 0.1) is 18.7 Å². The number of ether oxygens (including phenoxy) is 2. The lowest BCUT2D eigenvalue weighted by Crippen LogP contribution is -2.55. The molecule has 0 spiro atoms. The van der Waals surface area contributed by atoms with E-state index >= 15 is 0 Å². The van der Waals surface area contributed by atoms with Crippen LogP contribution in [0, 0.1) is 0 Å². The summed E-state index contributed by atoms with van der Waals surface area (Å²) >= 11 is 6.32. The van der Waals surface area contributed by atoms with Crippen LogP contribution in [0.3, 0.4) is 0 Å². The van der Waals surface area contributed by atoms with Gasteiger partial charge in [-0.1, -0.05) is 35.8 Å². The molecule has 0 saturated carbocycles. The van der Waals surface area contributed by atoms with Crippen LogP contribution in [0.25, 0.3) is 0 Å². The van der Waals surface area contributed by atoms with Crippen molar-refractivity contribution in [2.45, 2.75) is 43.9 Å². The minimum Gasteiger partial charge on any atom is -0.494 e. The highest BCUT2D eigenvalue weighted by atomic mass is 35.5. The van der Waals surface area contributed by atoms with E-state index in [1.807, 2.05) is 0 Å². The third-order valence-corrected chi connectivity index (χ3v) is 4.97. The highest BCUT2D eigenvalue weighted by Gasteiger charge is 2.43. The van der Waals surface area contributed by atoms with Crippen molar-refractivity contribution in [3.63, 3.8) is 0 Å². The van der Waals surface area contributed by atoms with Crippen LogP contribution in [0.2, 0.25) is 5.02 Å². The minimum absolute atomic E-state index is 0.0358. The molecule has 2 aromatic carbocycles. The third kappa shape index (κ3) is 4.49. The molecule has 1 fully saturated rings. The smallest absolute Gasteiger partial charge is 0.119 e. The van der Waals surface area contributed by atoms with Crippen LogP contribution < -0.4 is 4.74 Å². The van der Waals surface area contributed by atoms with E-state index in [9.17, 15) is 20.4 Å². The molecule has 4 N–H and O–H groups in total. The lowest BCUT2D eigenvalue weighted by molar-refractivity contribution is -0.231. The first-order chi connectivity index (χ1) is 15.1. The summed E-state index contributed by atoms with van der Waals surface area (Å²) < 4.78 is 43.7. The monoisotopic (exact) mass is 412 g/mol. The quantitative estimate of drug-likeness (QED) is 0.578. The largest absolute Gasteiger partial charge is 0.494 e. The lowest BCUT2D eigenvalue weighted by Gasteiger charge is -2.40. The van der Waals surface area contributed by atoms with Gasteiger partial charge in [-0.15, -0.1) is 0 Å². The van der Waals surface area contributed by atoms with Gasteiger partial charge in [0.15, 0.2) is 0 Å². The molecule has 0 aromatic heterocycles. The first-order valence-corrected chi connectivity index (χ1v) is 9.30. The Kier molecular flexibility index (Phi) is 5.32. The molecule has 5 atom stereocenters.